The third-order valence-electron chi connectivity index (χ3n) is 2.64. The maximum atomic E-state index is 11.9. The van der Waals surface area contributed by atoms with E-state index in [1.165, 1.54) is 22.9 Å². The second-order valence-corrected chi connectivity index (χ2v) is 4.00. The first kappa shape index (κ1) is 15.4. The highest BCUT2D eigenvalue weighted by atomic mass is 16.5. The minimum absolute atomic E-state index is 0.214. The fraction of sp³-hybridized carbons (Fsp3) is 0.538. The molecule has 6 nitrogen and oxygen atoms in total. The quantitative estimate of drug-likeness (QED) is 0.746. The van der Waals surface area contributed by atoms with E-state index < -0.39 is 5.91 Å². The summed E-state index contributed by atoms with van der Waals surface area (Å²) in [6, 6.07) is 2.47. The number of pyridine rings is 1. The molecule has 0 fully saturated rings. The van der Waals surface area contributed by atoms with E-state index in [0.29, 0.717) is 26.4 Å². The van der Waals surface area contributed by atoms with E-state index in [2.05, 4.69) is 0 Å². The predicted octanol–water partition coefficient (Wildman–Crippen LogP) is 0.561. The standard InChI is InChI=1S/C13H20N2O4/c1-3-18-8-11(9-19-4-2)15-7-10(13(14)17)5-6-12(15)16/h5-7,11H,3-4,8-9H2,1-2H3,(H2,14,17). The smallest absolute Gasteiger partial charge is 0.250 e. The first-order chi connectivity index (χ1) is 9.10. The third-order valence-corrected chi connectivity index (χ3v) is 2.64. The summed E-state index contributed by atoms with van der Waals surface area (Å²) in [7, 11) is 0. The van der Waals surface area contributed by atoms with Crippen molar-refractivity contribution in [2.45, 2.75) is 19.9 Å². The maximum Gasteiger partial charge on any atom is 0.250 e. The summed E-state index contributed by atoms with van der Waals surface area (Å²) >= 11 is 0. The lowest BCUT2D eigenvalue weighted by molar-refractivity contribution is 0.0514. The molecule has 0 atom stereocenters. The number of primary amides is 1. The van der Waals surface area contributed by atoms with E-state index in [1.807, 2.05) is 13.8 Å². The van der Waals surface area contributed by atoms with Gasteiger partial charge >= 0.3 is 0 Å². The van der Waals surface area contributed by atoms with Gasteiger partial charge in [0.05, 0.1) is 24.8 Å². The maximum absolute atomic E-state index is 11.9. The number of carbonyl (C=O) groups is 1. The molecular formula is C13H20N2O4. The van der Waals surface area contributed by atoms with Crippen molar-refractivity contribution in [1.82, 2.24) is 4.57 Å². The summed E-state index contributed by atoms with van der Waals surface area (Å²) in [6.07, 6.45) is 1.45. The number of carbonyl (C=O) groups excluding carboxylic acids is 1. The monoisotopic (exact) mass is 268 g/mol. The number of nitrogens with two attached hydrogens (primary N) is 1. The Kier molecular flexibility index (Phi) is 6.24. The summed E-state index contributed by atoms with van der Waals surface area (Å²) in [6.45, 7) is 5.54. The highest BCUT2D eigenvalue weighted by Crippen LogP contribution is 2.07. The summed E-state index contributed by atoms with van der Waals surface area (Å²) in [5.41, 5.74) is 5.29. The molecule has 1 aromatic heterocycles. The van der Waals surface area contributed by atoms with Gasteiger partial charge in [-0.05, 0) is 19.9 Å². The molecule has 6 heteroatoms. The lowest BCUT2D eigenvalue weighted by Gasteiger charge is -2.19. The highest BCUT2D eigenvalue weighted by molar-refractivity contribution is 5.92. The Morgan fingerprint density at radius 3 is 2.32 bits per heavy atom. The lowest BCUT2D eigenvalue weighted by Crippen LogP contribution is -2.31. The van der Waals surface area contributed by atoms with Crippen LogP contribution in [-0.4, -0.2) is 36.9 Å². The molecular weight excluding hydrogens is 248 g/mol. The van der Waals surface area contributed by atoms with Gasteiger partial charge in [0.25, 0.3) is 5.56 Å². The molecule has 1 heterocycles. The molecule has 1 rings (SSSR count). The van der Waals surface area contributed by atoms with Gasteiger partial charge in [-0.25, -0.2) is 0 Å². The Bertz CT molecular complexity index is 462. The van der Waals surface area contributed by atoms with Crippen molar-refractivity contribution in [2.24, 2.45) is 5.73 Å². The van der Waals surface area contributed by atoms with Gasteiger partial charge in [0.1, 0.15) is 0 Å². The van der Waals surface area contributed by atoms with E-state index in [0.717, 1.165) is 0 Å². The van der Waals surface area contributed by atoms with Crippen molar-refractivity contribution in [3.05, 3.63) is 34.2 Å². The number of hydrogen-bond donors (Lipinski definition) is 1. The molecule has 0 bridgehead atoms. The van der Waals surface area contributed by atoms with Crippen LogP contribution < -0.4 is 11.3 Å². The Morgan fingerprint density at radius 1 is 1.26 bits per heavy atom. The van der Waals surface area contributed by atoms with Gasteiger partial charge in [0.15, 0.2) is 0 Å². The largest absolute Gasteiger partial charge is 0.379 e. The van der Waals surface area contributed by atoms with E-state index in [1.54, 1.807) is 0 Å². The SMILES string of the molecule is CCOCC(COCC)n1cc(C(N)=O)ccc1=O. The van der Waals surface area contributed by atoms with Crippen molar-refractivity contribution in [1.29, 1.82) is 0 Å². The number of nitrogens with zero attached hydrogens (tertiary/aromatic N) is 1. The second-order valence-electron chi connectivity index (χ2n) is 4.00. The first-order valence-electron chi connectivity index (χ1n) is 6.27. The van der Waals surface area contributed by atoms with Crippen molar-refractivity contribution in [2.75, 3.05) is 26.4 Å². The van der Waals surface area contributed by atoms with Gasteiger partial charge in [0.2, 0.25) is 5.91 Å². The van der Waals surface area contributed by atoms with Crippen molar-refractivity contribution in [3.63, 3.8) is 0 Å². The second kappa shape index (κ2) is 7.70. The number of aromatic nitrogens is 1. The van der Waals surface area contributed by atoms with Crippen LogP contribution in [0.1, 0.15) is 30.2 Å². The fourth-order valence-corrected chi connectivity index (χ4v) is 1.65. The Balaban J connectivity index is 3.01. The van der Waals surface area contributed by atoms with Crippen LogP contribution in [0.3, 0.4) is 0 Å². The van der Waals surface area contributed by atoms with Gasteiger partial charge in [-0.2, -0.15) is 0 Å². The molecule has 1 amide bonds. The average molecular weight is 268 g/mol. The Labute approximate surface area is 112 Å². The fourth-order valence-electron chi connectivity index (χ4n) is 1.65. The van der Waals surface area contributed by atoms with E-state index in [9.17, 15) is 9.59 Å². The van der Waals surface area contributed by atoms with Gasteiger partial charge in [-0.3, -0.25) is 9.59 Å². The number of ether oxygens (including phenoxy) is 2. The molecule has 2 N–H and O–H groups in total. The van der Waals surface area contributed by atoms with Crippen molar-refractivity contribution in [3.8, 4) is 0 Å². The van der Waals surface area contributed by atoms with Gasteiger partial charge < -0.3 is 19.8 Å². The van der Waals surface area contributed by atoms with Crippen LogP contribution in [-0.2, 0) is 9.47 Å². The highest BCUT2D eigenvalue weighted by Gasteiger charge is 2.14. The lowest BCUT2D eigenvalue weighted by atomic mass is 10.2. The normalized spacial score (nSPS) is 10.9. The number of rotatable bonds is 8. The molecule has 0 saturated carbocycles. The zero-order chi connectivity index (χ0) is 14.3. The molecule has 0 unspecified atom stereocenters. The van der Waals surface area contributed by atoms with Gasteiger partial charge in [-0.15, -0.1) is 0 Å². The number of amides is 1. The predicted molar refractivity (Wildman–Crippen MR) is 71.2 cm³/mol. The van der Waals surface area contributed by atoms with Crippen molar-refractivity contribution < 1.29 is 14.3 Å². The molecule has 0 aliphatic carbocycles. The van der Waals surface area contributed by atoms with Crippen LogP contribution in [0.25, 0.3) is 0 Å². The molecule has 106 valence electrons. The van der Waals surface area contributed by atoms with Crippen LogP contribution in [0.5, 0.6) is 0 Å². The number of hydrogen-bond acceptors (Lipinski definition) is 4. The molecule has 0 spiro atoms. The minimum atomic E-state index is -0.569. The van der Waals surface area contributed by atoms with Gasteiger partial charge in [-0.1, -0.05) is 0 Å². The van der Waals surface area contributed by atoms with E-state index >= 15 is 0 Å². The molecule has 0 radical (unpaired) electrons. The van der Waals surface area contributed by atoms with Crippen LogP contribution in [0.2, 0.25) is 0 Å². The molecule has 0 aliphatic rings. The average Bonchev–Trinajstić information content (AvgIpc) is 2.40. The first-order valence-corrected chi connectivity index (χ1v) is 6.27. The van der Waals surface area contributed by atoms with Crippen LogP contribution in [0.15, 0.2) is 23.1 Å². The van der Waals surface area contributed by atoms with Crippen LogP contribution >= 0.6 is 0 Å². The van der Waals surface area contributed by atoms with Gasteiger partial charge in [0, 0.05) is 25.5 Å². The summed E-state index contributed by atoms with van der Waals surface area (Å²) in [4.78, 5) is 23.0. The molecule has 0 aliphatic heterocycles. The zero-order valence-corrected chi connectivity index (χ0v) is 11.3. The Hall–Kier alpha value is -1.66. The summed E-state index contributed by atoms with van der Waals surface area (Å²) < 4.78 is 12.1. The molecule has 1 aromatic rings. The van der Waals surface area contributed by atoms with E-state index in [-0.39, 0.29) is 17.2 Å². The molecule has 0 aromatic carbocycles. The third kappa shape index (κ3) is 4.50. The van der Waals surface area contributed by atoms with E-state index in [4.69, 9.17) is 15.2 Å². The Morgan fingerprint density at radius 2 is 1.84 bits per heavy atom. The summed E-state index contributed by atoms with van der Waals surface area (Å²) in [5, 5.41) is 0. The van der Waals surface area contributed by atoms with Crippen LogP contribution in [0.4, 0.5) is 0 Å². The molecule has 0 saturated heterocycles. The summed E-state index contributed by atoms with van der Waals surface area (Å²) in [5.74, 6) is -0.569. The van der Waals surface area contributed by atoms with Crippen molar-refractivity contribution >= 4 is 5.91 Å². The molecule has 19 heavy (non-hydrogen) atoms. The van der Waals surface area contributed by atoms with Crippen LogP contribution in [0, 0.1) is 0 Å². The minimum Gasteiger partial charge on any atom is -0.379 e. The topological polar surface area (TPSA) is 83.5 Å². The zero-order valence-electron chi connectivity index (χ0n) is 11.3.